The van der Waals surface area contributed by atoms with Crippen LogP contribution in [0, 0.1) is 23.2 Å². The zero-order chi connectivity index (χ0) is 55.6. The maximum atomic E-state index is 13.7. The molecule has 2 saturated carbocycles. The molecule has 3 aromatic carbocycles. The Hall–Kier alpha value is -7.07. The highest BCUT2D eigenvalue weighted by molar-refractivity contribution is 7.79. The molecule has 9 rings (SSSR count). The Labute approximate surface area is 459 Å². The number of carbonyl (C=O) groups is 5. The molecule has 2 aliphatic carbocycles. The molecule has 5 atom stereocenters. The maximum Gasteiger partial charge on any atom is 0.410 e. The van der Waals surface area contributed by atoms with Gasteiger partial charge in [-0.25, -0.2) is 23.8 Å². The van der Waals surface area contributed by atoms with Crippen LogP contribution in [0.2, 0.25) is 0 Å². The Balaban J connectivity index is 0.872. The summed E-state index contributed by atoms with van der Waals surface area (Å²) in [6.45, 7) is 14.3. The summed E-state index contributed by atoms with van der Waals surface area (Å²) in [4.78, 5) is 76.2. The Morgan fingerprint density at radius 3 is 2.44 bits per heavy atom. The quantitative estimate of drug-likeness (QED) is 0.0354. The number of fused-ring (bicyclic) bond motifs is 4. The number of benzene rings is 3. The largest absolute Gasteiger partial charge is 0.476 e. The van der Waals surface area contributed by atoms with Gasteiger partial charge in [0.1, 0.15) is 18.5 Å². The van der Waals surface area contributed by atoms with E-state index in [1.165, 1.54) is 16.2 Å². The van der Waals surface area contributed by atoms with Crippen molar-refractivity contribution in [1.82, 2.24) is 30.0 Å². The van der Waals surface area contributed by atoms with Crippen molar-refractivity contribution in [1.29, 1.82) is 0 Å². The number of anilines is 3. The van der Waals surface area contributed by atoms with E-state index < -0.39 is 34.8 Å². The fraction of sp³-hybridized carbons (Fsp3) is 0.439. The number of carbonyl (C=O) groups excluding carboxylic acids is 4. The molecular weight excluding hydrogens is 1030 g/mol. The van der Waals surface area contributed by atoms with Crippen LogP contribution in [-0.2, 0) is 56.3 Å². The third-order valence-corrected chi connectivity index (χ3v) is 16.8. The van der Waals surface area contributed by atoms with Gasteiger partial charge in [0.2, 0.25) is 12.3 Å². The number of amides is 4. The SMILES string of the molecule is Cc1c(-c2ccc(N3CCc4cccc(C(=O)Nc5nc6ccccc6s5)c4C3)nc2C(=O)O)cnn1CC1(C)CC2(C)CC(C)(C)CC(OCCN(CCS(=O)O)C(=O)OCc3ccc(NC(=O)C(C)NC=O)cc3)(C1)C2. The number of nitrogens with zero attached hydrogens (tertiary/aromatic N) is 6. The van der Waals surface area contributed by atoms with E-state index in [1.807, 2.05) is 59.0 Å². The first-order chi connectivity index (χ1) is 37.1. The highest BCUT2D eigenvalue weighted by atomic mass is 32.2. The summed E-state index contributed by atoms with van der Waals surface area (Å²) in [6, 6.07) is 23.1. The lowest BCUT2D eigenvalue weighted by molar-refractivity contribution is -0.194. The second kappa shape index (κ2) is 22.7. The van der Waals surface area contributed by atoms with Crippen LogP contribution in [0.3, 0.4) is 0 Å². The highest BCUT2D eigenvalue weighted by Gasteiger charge is 2.58. The third-order valence-electron chi connectivity index (χ3n) is 15.3. The Kier molecular flexibility index (Phi) is 16.2. The first kappa shape index (κ1) is 55.7. The van der Waals surface area contributed by atoms with Crippen LogP contribution in [0.5, 0.6) is 0 Å². The summed E-state index contributed by atoms with van der Waals surface area (Å²) < 4.78 is 37.2. The van der Waals surface area contributed by atoms with Crippen LogP contribution >= 0.6 is 11.3 Å². The zero-order valence-electron chi connectivity index (χ0n) is 44.8. The predicted octanol–water partition coefficient (Wildman–Crippen LogP) is 9.08. The minimum atomic E-state index is -2.15. The number of ether oxygens (including phenoxy) is 2. The van der Waals surface area contributed by atoms with Crippen LogP contribution in [-0.4, -0.2) is 112 Å². The number of carboxylic acid groups (broad SMARTS) is 1. The molecule has 0 spiro atoms. The van der Waals surface area contributed by atoms with Crippen molar-refractivity contribution in [2.75, 3.05) is 47.5 Å². The van der Waals surface area contributed by atoms with Gasteiger partial charge in [0.05, 0.1) is 34.4 Å². The van der Waals surface area contributed by atoms with Crippen LogP contribution in [0.25, 0.3) is 21.3 Å². The summed E-state index contributed by atoms with van der Waals surface area (Å²) in [6.07, 6.45) is 6.33. The van der Waals surface area contributed by atoms with Gasteiger partial charge >= 0.3 is 12.1 Å². The lowest BCUT2D eigenvalue weighted by atomic mass is 9.48. The third kappa shape index (κ3) is 12.8. The van der Waals surface area contributed by atoms with Crippen molar-refractivity contribution in [3.05, 3.63) is 119 Å². The molecule has 412 valence electrons. The molecule has 1 aliphatic heterocycles. The fourth-order valence-corrected chi connectivity index (χ4v) is 14.1. The lowest BCUT2D eigenvalue weighted by Crippen LogP contribution is -2.57. The van der Waals surface area contributed by atoms with Crippen molar-refractivity contribution in [2.45, 2.75) is 111 Å². The minimum Gasteiger partial charge on any atom is -0.476 e. The van der Waals surface area contributed by atoms with Crippen LogP contribution < -0.4 is 20.9 Å². The number of para-hydroxylation sites is 1. The number of pyridine rings is 1. The smallest absolute Gasteiger partial charge is 0.410 e. The zero-order valence-corrected chi connectivity index (χ0v) is 46.4. The van der Waals surface area contributed by atoms with E-state index in [2.05, 4.69) is 48.6 Å². The highest BCUT2D eigenvalue weighted by Crippen LogP contribution is 2.63. The van der Waals surface area contributed by atoms with Gasteiger partial charge in [0.15, 0.2) is 21.9 Å². The number of aromatic nitrogens is 4. The van der Waals surface area contributed by atoms with Gasteiger partial charge in [-0.3, -0.25) is 24.4 Å². The monoisotopic (exact) mass is 1100 g/mol. The summed E-state index contributed by atoms with van der Waals surface area (Å²) in [5, 5.41) is 24.2. The van der Waals surface area contributed by atoms with Crippen LogP contribution in [0.4, 0.5) is 21.4 Å². The van der Waals surface area contributed by atoms with Gasteiger partial charge < -0.3 is 39.6 Å². The molecule has 5 N–H and O–H groups in total. The average Bonchev–Trinajstić information content (AvgIpc) is 4.08. The second-order valence-corrected chi connectivity index (χ2v) is 24.8. The van der Waals surface area contributed by atoms with Gasteiger partial charge in [-0.15, -0.1) is 0 Å². The molecule has 4 amide bonds. The van der Waals surface area contributed by atoms with Crippen molar-refractivity contribution < 1.29 is 47.3 Å². The van der Waals surface area contributed by atoms with E-state index in [1.54, 1.807) is 49.5 Å². The molecule has 2 fully saturated rings. The Morgan fingerprint density at radius 2 is 1.69 bits per heavy atom. The molecule has 0 radical (unpaired) electrons. The molecule has 0 saturated heterocycles. The number of nitrogens with one attached hydrogen (secondary N) is 3. The first-order valence-corrected chi connectivity index (χ1v) is 28.2. The number of hydrogen-bond acceptors (Lipinski definition) is 13. The molecule has 2 bridgehead atoms. The van der Waals surface area contributed by atoms with E-state index in [-0.39, 0.29) is 65.8 Å². The van der Waals surface area contributed by atoms with E-state index in [9.17, 15) is 37.8 Å². The van der Waals surface area contributed by atoms with Crippen LogP contribution in [0.15, 0.2) is 85.1 Å². The molecule has 3 aromatic heterocycles. The van der Waals surface area contributed by atoms with Gasteiger partial charge in [0.25, 0.3) is 5.91 Å². The normalized spacial score (nSPS) is 21.2. The molecular formula is C57H67N9O10S2. The van der Waals surface area contributed by atoms with Crippen molar-refractivity contribution in [2.24, 2.45) is 16.2 Å². The summed E-state index contributed by atoms with van der Waals surface area (Å²) in [7, 11) is 0. The summed E-state index contributed by atoms with van der Waals surface area (Å²) >= 11 is -0.741. The molecule has 4 heterocycles. The summed E-state index contributed by atoms with van der Waals surface area (Å²) in [5.74, 6) is -1.49. The van der Waals surface area contributed by atoms with Gasteiger partial charge in [-0.05, 0) is 128 Å². The fourth-order valence-electron chi connectivity index (χ4n) is 12.9. The molecule has 5 unspecified atom stereocenters. The standard InChI is InChI=1S/C57H67N9O10S2/c1-36(58-35-67)49(68)60-40-16-14-38(15-17-40)28-75-53(72)64(23-25-78(73)74)22-24-76-57-30-54(3,4)29-55(5,32-57)31-56(6,33-57)34-66-37(2)43(26-59-66)41-18-19-47(62-48(41)51(70)71)65-21-20-39-10-9-11-42(44(39)27-65)50(69)63-52-61-45-12-7-8-13-46(45)77-52/h7-19,26,35-36H,20-25,27-34H2,1-6H3,(H,58,67)(H,60,68)(H,70,71)(H,73,74)(H,61,63,69). The van der Waals surface area contributed by atoms with E-state index in [4.69, 9.17) is 19.6 Å². The number of aromatic carboxylic acids is 1. The van der Waals surface area contributed by atoms with Gasteiger partial charge in [-0.1, -0.05) is 75.4 Å². The number of rotatable bonds is 20. The first-order valence-electron chi connectivity index (χ1n) is 26.1. The van der Waals surface area contributed by atoms with E-state index in [0.29, 0.717) is 77.8 Å². The van der Waals surface area contributed by atoms with Crippen LogP contribution in [0.1, 0.15) is 110 Å². The molecule has 6 aromatic rings. The van der Waals surface area contributed by atoms with Crippen molar-refractivity contribution in [3.8, 4) is 11.1 Å². The van der Waals surface area contributed by atoms with Crippen molar-refractivity contribution in [3.63, 3.8) is 0 Å². The topological polar surface area (TPSA) is 248 Å². The molecule has 3 aliphatic rings. The Bertz CT molecular complexity index is 3240. The van der Waals surface area contributed by atoms with E-state index >= 15 is 0 Å². The summed E-state index contributed by atoms with van der Waals surface area (Å²) in [5.41, 5.74) is 5.23. The van der Waals surface area contributed by atoms with Crippen molar-refractivity contribution >= 4 is 79.6 Å². The average molecular weight is 1100 g/mol. The molecule has 19 nitrogen and oxygen atoms in total. The maximum absolute atomic E-state index is 13.7. The van der Waals surface area contributed by atoms with Gasteiger partial charge in [-0.2, -0.15) is 5.10 Å². The Morgan fingerprint density at radius 1 is 0.910 bits per heavy atom. The molecule has 78 heavy (non-hydrogen) atoms. The number of hydrogen-bond donors (Lipinski definition) is 5. The lowest BCUT2D eigenvalue weighted by Gasteiger charge is -2.61. The molecule has 21 heteroatoms. The second-order valence-electron chi connectivity index (χ2n) is 22.7. The van der Waals surface area contributed by atoms with Gasteiger partial charge in [0, 0.05) is 60.8 Å². The predicted molar refractivity (Wildman–Crippen MR) is 299 cm³/mol. The van der Waals surface area contributed by atoms with E-state index in [0.717, 1.165) is 52.7 Å². The minimum absolute atomic E-state index is 0.0271. The number of thiazole rings is 1. The number of carboxylic acids is 1.